The fraction of sp³-hybridized carbons (Fsp3) is 0.214. The predicted octanol–water partition coefficient (Wildman–Crippen LogP) is 1.69. The van der Waals surface area contributed by atoms with Crippen molar-refractivity contribution in [2.75, 3.05) is 12.4 Å². The number of likely N-dealkylation sites (tertiary alicyclic amines) is 1. The van der Waals surface area contributed by atoms with Crippen LogP contribution in [0.25, 0.3) is 5.69 Å². The van der Waals surface area contributed by atoms with Gasteiger partial charge in [-0.2, -0.15) is 5.10 Å². The maximum atomic E-state index is 12.0. The van der Waals surface area contributed by atoms with Crippen LogP contribution in [0.15, 0.2) is 36.7 Å². The molecule has 2 aromatic rings. The lowest BCUT2D eigenvalue weighted by molar-refractivity contribution is -0.136. The van der Waals surface area contributed by atoms with Crippen LogP contribution in [0.4, 0.5) is 5.69 Å². The lowest BCUT2D eigenvalue weighted by atomic mass is 10.2. The monoisotopic (exact) mass is 304 g/mol. The maximum Gasteiger partial charge on any atom is 0.251 e. The number of nitrogens with zero attached hydrogens (tertiary/aromatic N) is 3. The normalized spacial score (nSPS) is 18.4. The summed E-state index contributed by atoms with van der Waals surface area (Å²) in [5.41, 5.74) is 1.42. The summed E-state index contributed by atoms with van der Waals surface area (Å²) in [5, 5.41) is 7.80. The number of benzene rings is 1. The first-order chi connectivity index (χ1) is 10.1. The van der Waals surface area contributed by atoms with Crippen molar-refractivity contribution >= 4 is 29.1 Å². The summed E-state index contributed by atoms with van der Waals surface area (Å²) >= 11 is 6.03. The average molecular weight is 305 g/mol. The molecule has 1 aromatic heterocycles. The molecule has 0 spiro atoms. The van der Waals surface area contributed by atoms with Gasteiger partial charge in [0, 0.05) is 24.5 Å². The number of nitrogens with one attached hydrogen (secondary N) is 1. The van der Waals surface area contributed by atoms with E-state index in [0.29, 0.717) is 10.7 Å². The zero-order valence-electron chi connectivity index (χ0n) is 11.3. The Hall–Kier alpha value is -2.34. The molecule has 3 rings (SSSR count). The molecular weight excluding hydrogens is 292 g/mol. The summed E-state index contributed by atoms with van der Waals surface area (Å²) in [6, 6.07) is 6.50. The third-order valence-corrected chi connectivity index (χ3v) is 3.66. The van der Waals surface area contributed by atoms with Crippen molar-refractivity contribution in [1.29, 1.82) is 0 Å². The van der Waals surface area contributed by atoms with Crippen LogP contribution in [0.5, 0.6) is 0 Å². The standard InChI is InChI=1S/C14H13ClN4O2/c1-18-13(20)8-11(14(18)21)17-10-7-9(15)3-4-12(10)19-6-2-5-16-19/h2-7,11,17H,8H2,1H3. The van der Waals surface area contributed by atoms with Gasteiger partial charge in [0.2, 0.25) is 5.91 Å². The smallest absolute Gasteiger partial charge is 0.251 e. The largest absolute Gasteiger partial charge is 0.371 e. The second kappa shape index (κ2) is 5.21. The van der Waals surface area contributed by atoms with Crippen LogP contribution >= 0.6 is 11.6 Å². The number of rotatable bonds is 3. The Morgan fingerprint density at radius 1 is 1.38 bits per heavy atom. The summed E-state index contributed by atoms with van der Waals surface area (Å²) in [6.07, 6.45) is 3.60. The van der Waals surface area contributed by atoms with E-state index in [4.69, 9.17) is 11.6 Å². The van der Waals surface area contributed by atoms with Crippen molar-refractivity contribution in [2.24, 2.45) is 0 Å². The van der Waals surface area contributed by atoms with Crippen molar-refractivity contribution in [3.8, 4) is 5.69 Å². The molecule has 108 valence electrons. The first kappa shape index (κ1) is 13.6. The number of likely N-dealkylation sites (N-methyl/N-ethyl adjacent to an activating group) is 1. The van der Waals surface area contributed by atoms with E-state index < -0.39 is 6.04 Å². The summed E-state index contributed by atoms with van der Waals surface area (Å²) < 4.78 is 1.67. The van der Waals surface area contributed by atoms with Crippen LogP contribution in [0.1, 0.15) is 6.42 Å². The highest BCUT2D eigenvalue weighted by Gasteiger charge is 2.36. The van der Waals surface area contributed by atoms with Gasteiger partial charge in [0.1, 0.15) is 6.04 Å². The molecule has 2 heterocycles. The molecule has 6 nitrogen and oxygen atoms in total. The molecule has 1 N–H and O–H groups in total. The van der Waals surface area contributed by atoms with Crippen LogP contribution in [0.3, 0.4) is 0 Å². The minimum Gasteiger partial charge on any atom is -0.371 e. The number of aromatic nitrogens is 2. The van der Waals surface area contributed by atoms with E-state index in [1.54, 1.807) is 35.3 Å². The molecule has 0 radical (unpaired) electrons. The Balaban J connectivity index is 1.94. The summed E-state index contributed by atoms with van der Waals surface area (Å²) in [4.78, 5) is 24.7. The fourth-order valence-corrected chi connectivity index (χ4v) is 2.46. The summed E-state index contributed by atoms with van der Waals surface area (Å²) in [5.74, 6) is -0.438. The van der Waals surface area contributed by atoms with E-state index >= 15 is 0 Å². The van der Waals surface area contributed by atoms with Crippen LogP contribution in [-0.2, 0) is 9.59 Å². The van der Waals surface area contributed by atoms with Gasteiger partial charge >= 0.3 is 0 Å². The van der Waals surface area contributed by atoms with Crippen LogP contribution in [0.2, 0.25) is 5.02 Å². The topological polar surface area (TPSA) is 67.2 Å². The van der Waals surface area contributed by atoms with Gasteiger partial charge in [0.05, 0.1) is 17.8 Å². The Kier molecular flexibility index (Phi) is 3.39. The number of carbonyl (C=O) groups excluding carboxylic acids is 2. The molecule has 0 saturated carbocycles. The first-order valence-electron chi connectivity index (χ1n) is 6.43. The lowest BCUT2D eigenvalue weighted by Gasteiger charge is -2.16. The van der Waals surface area contributed by atoms with Crippen molar-refractivity contribution in [3.05, 3.63) is 41.7 Å². The van der Waals surface area contributed by atoms with E-state index in [-0.39, 0.29) is 18.2 Å². The zero-order chi connectivity index (χ0) is 15.0. The molecule has 0 bridgehead atoms. The highest BCUT2D eigenvalue weighted by atomic mass is 35.5. The SMILES string of the molecule is CN1C(=O)CC(Nc2cc(Cl)ccc2-n2cccn2)C1=O. The van der Waals surface area contributed by atoms with Crippen molar-refractivity contribution in [3.63, 3.8) is 0 Å². The summed E-state index contributed by atoms with van der Waals surface area (Å²) in [7, 11) is 1.48. The number of carbonyl (C=O) groups is 2. The molecule has 1 saturated heterocycles. The molecule has 1 aliphatic rings. The third kappa shape index (κ3) is 2.50. The molecule has 1 atom stereocenters. The highest BCUT2D eigenvalue weighted by molar-refractivity contribution is 6.31. The van der Waals surface area contributed by atoms with Gasteiger partial charge < -0.3 is 5.32 Å². The first-order valence-corrected chi connectivity index (χ1v) is 6.80. The van der Waals surface area contributed by atoms with E-state index in [2.05, 4.69) is 10.4 Å². The van der Waals surface area contributed by atoms with Crippen molar-refractivity contribution < 1.29 is 9.59 Å². The van der Waals surface area contributed by atoms with Crippen LogP contribution in [-0.4, -0.2) is 39.6 Å². The van der Waals surface area contributed by atoms with E-state index in [9.17, 15) is 9.59 Å². The molecule has 0 aliphatic carbocycles. The number of anilines is 1. The van der Waals surface area contributed by atoms with Gasteiger partial charge in [0.15, 0.2) is 0 Å². The number of amides is 2. The lowest BCUT2D eigenvalue weighted by Crippen LogP contribution is -2.32. The fourth-order valence-electron chi connectivity index (χ4n) is 2.29. The van der Waals surface area contributed by atoms with Crippen molar-refractivity contribution in [1.82, 2.24) is 14.7 Å². The van der Waals surface area contributed by atoms with Crippen LogP contribution in [0, 0.1) is 0 Å². The molecule has 1 aromatic carbocycles. The minimum atomic E-state index is -0.574. The molecular formula is C14H13ClN4O2. The maximum absolute atomic E-state index is 12.0. The molecule has 21 heavy (non-hydrogen) atoms. The van der Waals surface area contributed by atoms with Gasteiger partial charge in [0.25, 0.3) is 5.91 Å². The van der Waals surface area contributed by atoms with Crippen molar-refractivity contribution in [2.45, 2.75) is 12.5 Å². The second-order valence-corrected chi connectivity index (χ2v) is 5.24. The zero-order valence-corrected chi connectivity index (χ0v) is 12.0. The van der Waals surface area contributed by atoms with Crippen LogP contribution < -0.4 is 5.32 Å². The number of hydrogen-bond donors (Lipinski definition) is 1. The molecule has 1 unspecified atom stereocenters. The highest BCUT2D eigenvalue weighted by Crippen LogP contribution is 2.26. The number of halogens is 1. The van der Waals surface area contributed by atoms with Gasteiger partial charge in [-0.1, -0.05) is 11.6 Å². The predicted molar refractivity (Wildman–Crippen MR) is 78.4 cm³/mol. The van der Waals surface area contributed by atoms with E-state index in [1.807, 2.05) is 6.07 Å². The van der Waals surface area contributed by atoms with E-state index in [1.165, 1.54) is 7.05 Å². The molecule has 2 amide bonds. The quantitative estimate of drug-likeness (QED) is 0.876. The third-order valence-electron chi connectivity index (χ3n) is 3.42. The summed E-state index contributed by atoms with van der Waals surface area (Å²) in [6.45, 7) is 0. The van der Waals surface area contributed by atoms with Gasteiger partial charge in [-0.3, -0.25) is 14.5 Å². The molecule has 1 aliphatic heterocycles. The second-order valence-electron chi connectivity index (χ2n) is 4.80. The van der Waals surface area contributed by atoms with E-state index in [0.717, 1.165) is 10.6 Å². The van der Waals surface area contributed by atoms with Gasteiger partial charge in [-0.05, 0) is 24.3 Å². The number of hydrogen-bond acceptors (Lipinski definition) is 4. The average Bonchev–Trinajstić information content (AvgIpc) is 3.05. The Labute approximate surface area is 126 Å². The minimum absolute atomic E-state index is 0.139. The van der Waals surface area contributed by atoms with Gasteiger partial charge in [-0.15, -0.1) is 0 Å². The Morgan fingerprint density at radius 2 is 2.19 bits per heavy atom. The van der Waals surface area contributed by atoms with Gasteiger partial charge in [-0.25, -0.2) is 4.68 Å². The number of imide groups is 1. The molecule has 1 fully saturated rings. The molecule has 7 heteroatoms. The Bertz CT molecular complexity index is 699. The Morgan fingerprint density at radius 3 is 2.81 bits per heavy atom.